The predicted molar refractivity (Wildman–Crippen MR) is 60.9 cm³/mol. The van der Waals surface area contributed by atoms with Gasteiger partial charge in [-0.1, -0.05) is 17.7 Å². The molecule has 78 valence electrons. The van der Waals surface area contributed by atoms with E-state index in [9.17, 15) is 0 Å². The highest BCUT2D eigenvalue weighted by Gasteiger charge is 2.05. The molecule has 0 aliphatic heterocycles. The quantitative estimate of drug-likeness (QED) is 0.807. The molecule has 2 aromatic rings. The highest BCUT2D eigenvalue weighted by Crippen LogP contribution is 2.14. The van der Waals surface area contributed by atoms with Crippen LogP contribution in [-0.2, 0) is 6.54 Å². The fraction of sp³-hybridized carbons (Fsp3) is 0.250. The van der Waals surface area contributed by atoms with Crippen molar-refractivity contribution in [2.24, 2.45) is 5.73 Å². The maximum atomic E-state index is 5.61. The number of benzene rings is 1. The Labute approximate surface area is 89.5 Å². The Hall–Kier alpha value is -1.61. The summed E-state index contributed by atoms with van der Waals surface area (Å²) in [6, 6.07) is 8.29. The van der Waals surface area contributed by atoms with Crippen molar-refractivity contribution in [2.45, 2.75) is 20.4 Å². The van der Waals surface area contributed by atoms with Crippen LogP contribution >= 0.6 is 0 Å². The molecule has 3 nitrogen and oxygen atoms in total. The maximum Gasteiger partial charge on any atom is 0.0648 e. The average molecular weight is 201 g/mol. The van der Waals surface area contributed by atoms with Gasteiger partial charge in [0.2, 0.25) is 0 Å². The molecule has 15 heavy (non-hydrogen) atoms. The zero-order valence-corrected chi connectivity index (χ0v) is 9.07. The second-order valence-corrected chi connectivity index (χ2v) is 3.71. The van der Waals surface area contributed by atoms with Gasteiger partial charge < -0.3 is 5.73 Å². The summed E-state index contributed by atoms with van der Waals surface area (Å²) in [5.41, 5.74) is 10.2. The van der Waals surface area contributed by atoms with E-state index in [1.54, 1.807) is 0 Å². The maximum absolute atomic E-state index is 5.61. The van der Waals surface area contributed by atoms with E-state index in [1.807, 2.05) is 17.8 Å². The van der Waals surface area contributed by atoms with E-state index in [0.29, 0.717) is 6.54 Å². The third-order valence-corrected chi connectivity index (χ3v) is 2.61. The summed E-state index contributed by atoms with van der Waals surface area (Å²) in [5, 5.41) is 4.32. The number of aromatic nitrogens is 2. The topological polar surface area (TPSA) is 43.8 Å². The third-order valence-electron chi connectivity index (χ3n) is 2.61. The molecule has 0 spiro atoms. The molecular weight excluding hydrogens is 186 g/mol. The monoisotopic (exact) mass is 201 g/mol. The van der Waals surface area contributed by atoms with Crippen molar-refractivity contribution in [1.82, 2.24) is 9.78 Å². The molecule has 1 heterocycles. The molecule has 0 aliphatic rings. The van der Waals surface area contributed by atoms with Gasteiger partial charge in [-0.25, -0.2) is 4.68 Å². The van der Waals surface area contributed by atoms with Crippen molar-refractivity contribution in [2.75, 3.05) is 0 Å². The molecule has 0 unspecified atom stereocenters. The molecule has 0 saturated heterocycles. The van der Waals surface area contributed by atoms with Gasteiger partial charge in [0.05, 0.1) is 11.9 Å². The average Bonchev–Trinajstić information content (AvgIpc) is 2.61. The van der Waals surface area contributed by atoms with Crippen LogP contribution < -0.4 is 5.73 Å². The number of nitrogens with two attached hydrogens (primary N) is 1. The molecule has 0 amide bonds. The fourth-order valence-corrected chi connectivity index (χ4v) is 1.59. The van der Waals surface area contributed by atoms with Crippen LogP contribution in [0.2, 0.25) is 0 Å². The first-order valence-electron chi connectivity index (χ1n) is 5.03. The summed E-state index contributed by atoms with van der Waals surface area (Å²) in [5.74, 6) is 0. The first-order valence-corrected chi connectivity index (χ1v) is 5.03. The molecule has 0 bridgehead atoms. The summed E-state index contributed by atoms with van der Waals surface area (Å²) in [7, 11) is 0. The van der Waals surface area contributed by atoms with Gasteiger partial charge in [-0.3, -0.25) is 0 Å². The van der Waals surface area contributed by atoms with Crippen molar-refractivity contribution in [3.05, 3.63) is 47.3 Å². The molecule has 2 rings (SSSR count). The first-order chi connectivity index (χ1) is 7.22. The van der Waals surface area contributed by atoms with Crippen LogP contribution in [0.15, 0.2) is 30.5 Å². The number of hydrogen-bond acceptors (Lipinski definition) is 2. The van der Waals surface area contributed by atoms with Gasteiger partial charge >= 0.3 is 0 Å². The normalized spacial score (nSPS) is 10.6. The van der Waals surface area contributed by atoms with Crippen LogP contribution in [0.25, 0.3) is 5.69 Å². The second-order valence-electron chi connectivity index (χ2n) is 3.71. The van der Waals surface area contributed by atoms with Crippen LogP contribution in [0.1, 0.15) is 16.8 Å². The molecule has 0 radical (unpaired) electrons. The highest BCUT2D eigenvalue weighted by atomic mass is 15.3. The van der Waals surface area contributed by atoms with E-state index in [-0.39, 0.29) is 0 Å². The molecular formula is C12H15N3. The zero-order valence-electron chi connectivity index (χ0n) is 9.07. The summed E-state index contributed by atoms with van der Waals surface area (Å²) >= 11 is 0. The minimum absolute atomic E-state index is 0.539. The van der Waals surface area contributed by atoms with Crippen molar-refractivity contribution in [1.29, 1.82) is 0 Å². The fourth-order valence-electron chi connectivity index (χ4n) is 1.59. The third kappa shape index (κ3) is 1.78. The standard InChI is InChI=1S/C12H15N3/c1-9-3-5-12(6-4-9)15-10(2)11(7-13)8-14-15/h3-6,8H,7,13H2,1-2H3. The molecule has 3 heteroatoms. The van der Waals surface area contributed by atoms with Crippen LogP contribution in [0, 0.1) is 13.8 Å². The van der Waals surface area contributed by atoms with E-state index in [4.69, 9.17) is 5.73 Å². The lowest BCUT2D eigenvalue weighted by molar-refractivity contribution is 0.843. The van der Waals surface area contributed by atoms with Gasteiger partial charge in [-0.15, -0.1) is 0 Å². The van der Waals surface area contributed by atoms with Crippen molar-refractivity contribution in [3.8, 4) is 5.69 Å². The minimum atomic E-state index is 0.539. The number of nitrogens with zero attached hydrogens (tertiary/aromatic N) is 2. The Morgan fingerprint density at radius 2 is 1.87 bits per heavy atom. The van der Waals surface area contributed by atoms with E-state index < -0.39 is 0 Å². The van der Waals surface area contributed by atoms with Crippen molar-refractivity contribution in [3.63, 3.8) is 0 Å². The zero-order chi connectivity index (χ0) is 10.8. The Balaban J connectivity index is 2.45. The van der Waals surface area contributed by atoms with Gasteiger partial charge in [0.15, 0.2) is 0 Å². The van der Waals surface area contributed by atoms with Gasteiger partial charge in [0.25, 0.3) is 0 Å². The number of hydrogen-bond donors (Lipinski definition) is 1. The minimum Gasteiger partial charge on any atom is -0.326 e. The van der Waals surface area contributed by atoms with Crippen molar-refractivity contribution >= 4 is 0 Å². The lowest BCUT2D eigenvalue weighted by Gasteiger charge is -2.05. The Kier molecular flexibility index (Phi) is 2.56. The Morgan fingerprint density at radius 1 is 1.20 bits per heavy atom. The van der Waals surface area contributed by atoms with E-state index >= 15 is 0 Å². The molecule has 0 aliphatic carbocycles. The van der Waals surface area contributed by atoms with Gasteiger partial charge in [-0.05, 0) is 26.0 Å². The highest BCUT2D eigenvalue weighted by molar-refractivity contribution is 5.36. The lowest BCUT2D eigenvalue weighted by atomic mass is 10.2. The van der Waals surface area contributed by atoms with E-state index in [0.717, 1.165) is 16.9 Å². The van der Waals surface area contributed by atoms with Gasteiger partial charge in [0.1, 0.15) is 0 Å². The second kappa shape index (κ2) is 3.87. The smallest absolute Gasteiger partial charge is 0.0648 e. The van der Waals surface area contributed by atoms with Crippen LogP contribution in [0.3, 0.4) is 0 Å². The molecule has 0 atom stereocenters. The van der Waals surface area contributed by atoms with E-state index in [1.165, 1.54) is 5.56 Å². The molecule has 1 aromatic heterocycles. The van der Waals surface area contributed by atoms with Crippen molar-refractivity contribution < 1.29 is 0 Å². The van der Waals surface area contributed by atoms with Gasteiger partial charge in [0, 0.05) is 17.8 Å². The lowest BCUT2D eigenvalue weighted by Crippen LogP contribution is -2.01. The molecule has 1 aromatic carbocycles. The predicted octanol–water partition coefficient (Wildman–Crippen LogP) is 1.95. The first kappa shape index (κ1) is 9.93. The van der Waals surface area contributed by atoms with Crippen LogP contribution in [0.5, 0.6) is 0 Å². The number of rotatable bonds is 2. The largest absolute Gasteiger partial charge is 0.326 e. The number of aryl methyl sites for hydroxylation is 1. The van der Waals surface area contributed by atoms with Crippen LogP contribution in [0.4, 0.5) is 0 Å². The summed E-state index contributed by atoms with van der Waals surface area (Å²) in [6.45, 7) is 4.65. The summed E-state index contributed by atoms with van der Waals surface area (Å²) in [6.07, 6.45) is 1.83. The van der Waals surface area contributed by atoms with Crippen LogP contribution in [-0.4, -0.2) is 9.78 Å². The summed E-state index contributed by atoms with van der Waals surface area (Å²) in [4.78, 5) is 0. The SMILES string of the molecule is Cc1ccc(-n2ncc(CN)c2C)cc1. The Bertz CT molecular complexity index is 454. The Morgan fingerprint density at radius 3 is 2.40 bits per heavy atom. The molecule has 0 saturated carbocycles. The van der Waals surface area contributed by atoms with E-state index in [2.05, 4.69) is 36.3 Å². The van der Waals surface area contributed by atoms with Gasteiger partial charge in [-0.2, -0.15) is 5.10 Å². The summed E-state index contributed by atoms with van der Waals surface area (Å²) < 4.78 is 1.92. The molecule has 2 N–H and O–H groups in total. The molecule has 0 fully saturated rings.